The number of nitrogens with zero attached hydrogens (tertiary/aromatic N) is 1. The smallest absolute Gasteiger partial charge is 0.319 e. The first kappa shape index (κ1) is 16.8. The van der Waals surface area contributed by atoms with Gasteiger partial charge in [-0.05, 0) is 30.3 Å². The number of hydrogen-bond acceptors (Lipinski definition) is 3. The molecule has 0 saturated heterocycles. The van der Waals surface area contributed by atoms with Gasteiger partial charge in [-0.2, -0.15) is 0 Å². The summed E-state index contributed by atoms with van der Waals surface area (Å²) in [6.45, 7) is 1.87. The second kappa shape index (κ2) is 8.14. The molecule has 1 heterocycles. The molecular formula is C16H17ClN4O2. The number of nitrogens with one attached hydrogen (secondary N) is 3. The molecule has 3 N–H and O–H groups in total. The fraction of sp³-hybridized carbons (Fsp3) is 0.188. The molecule has 0 aliphatic rings. The Morgan fingerprint density at radius 3 is 2.65 bits per heavy atom. The third-order valence-electron chi connectivity index (χ3n) is 2.93. The molecule has 0 atom stereocenters. The number of anilines is 2. The number of benzene rings is 1. The number of hydrogen-bond donors (Lipinski definition) is 3. The summed E-state index contributed by atoms with van der Waals surface area (Å²) in [5.41, 5.74) is 1.95. The van der Waals surface area contributed by atoms with Crippen molar-refractivity contribution in [3.8, 4) is 0 Å². The maximum absolute atomic E-state index is 11.8. The highest BCUT2D eigenvalue weighted by Crippen LogP contribution is 2.25. The molecule has 1 aromatic heterocycles. The van der Waals surface area contributed by atoms with Crippen LogP contribution in [0.3, 0.4) is 0 Å². The minimum Gasteiger partial charge on any atom is -0.337 e. The maximum Gasteiger partial charge on any atom is 0.319 e. The highest BCUT2D eigenvalue weighted by Gasteiger charge is 2.07. The van der Waals surface area contributed by atoms with Gasteiger partial charge in [0.05, 0.1) is 10.7 Å². The second-order valence-electron chi connectivity index (χ2n) is 4.83. The summed E-state index contributed by atoms with van der Waals surface area (Å²) >= 11 is 6.08. The van der Waals surface area contributed by atoms with E-state index < -0.39 is 0 Å². The topological polar surface area (TPSA) is 83.1 Å². The standard InChI is InChI=1S/C16H17ClN4O2/c1-11(22)20-13-5-6-15(14(17)10-13)21-16(23)19-9-7-12-4-2-3-8-18-12/h2-6,8,10H,7,9H2,1H3,(H,20,22)(H2,19,21,23). The average Bonchev–Trinajstić information content (AvgIpc) is 2.50. The van der Waals surface area contributed by atoms with E-state index in [2.05, 4.69) is 20.9 Å². The molecule has 0 bridgehead atoms. The van der Waals surface area contributed by atoms with E-state index in [4.69, 9.17) is 11.6 Å². The summed E-state index contributed by atoms with van der Waals surface area (Å²) in [6, 6.07) is 10.2. The van der Waals surface area contributed by atoms with Crippen molar-refractivity contribution in [3.63, 3.8) is 0 Å². The van der Waals surface area contributed by atoms with Crippen LogP contribution in [0.5, 0.6) is 0 Å². The van der Waals surface area contributed by atoms with Crippen molar-refractivity contribution in [2.75, 3.05) is 17.2 Å². The van der Waals surface area contributed by atoms with E-state index in [9.17, 15) is 9.59 Å². The summed E-state index contributed by atoms with van der Waals surface area (Å²) in [6.07, 6.45) is 2.36. The Morgan fingerprint density at radius 1 is 1.17 bits per heavy atom. The first-order valence-electron chi connectivity index (χ1n) is 7.06. The molecule has 1 aromatic carbocycles. The van der Waals surface area contributed by atoms with E-state index in [0.717, 1.165) is 5.69 Å². The zero-order valence-electron chi connectivity index (χ0n) is 12.6. The lowest BCUT2D eigenvalue weighted by Gasteiger charge is -2.10. The Balaban J connectivity index is 1.84. The van der Waals surface area contributed by atoms with Gasteiger partial charge in [0.25, 0.3) is 0 Å². The Kier molecular flexibility index (Phi) is 5.94. The molecule has 0 fully saturated rings. The van der Waals surface area contributed by atoms with Crippen LogP contribution in [0.25, 0.3) is 0 Å². The fourth-order valence-corrected chi connectivity index (χ4v) is 2.14. The molecule has 0 aliphatic carbocycles. The van der Waals surface area contributed by atoms with Gasteiger partial charge in [-0.15, -0.1) is 0 Å². The molecule has 2 rings (SSSR count). The summed E-state index contributed by atoms with van der Waals surface area (Å²) < 4.78 is 0. The molecule has 0 radical (unpaired) electrons. The van der Waals surface area contributed by atoms with Gasteiger partial charge in [-0.25, -0.2) is 4.79 Å². The van der Waals surface area contributed by atoms with Crippen molar-refractivity contribution in [1.29, 1.82) is 0 Å². The van der Waals surface area contributed by atoms with Crippen molar-refractivity contribution in [1.82, 2.24) is 10.3 Å². The van der Waals surface area contributed by atoms with Crippen LogP contribution in [-0.2, 0) is 11.2 Å². The van der Waals surface area contributed by atoms with Crippen LogP contribution < -0.4 is 16.0 Å². The van der Waals surface area contributed by atoms with Gasteiger partial charge in [-0.3, -0.25) is 9.78 Å². The van der Waals surface area contributed by atoms with Gasteiger partial charge in [0.1, 0.15) is 0 Å². The maximum atomic E-state index is 11.8. The number of carbonyl (C=O) groups is 2. The van der Waals surface area contributed by atoms with Crippen molar-refractivity contribution in [3.05, 3.63) is 53.3 Å². The van der Waals surface area contributed by atoms with E-state index in [-0.39, 0.29) is 11.9 Å². The van der Waals surface area contributed by atoms with Gasteiger partial charge in [0.2, 0.25) is 5.91 Å². The van der Waals surface area contributed by atoms with Crippen molar-refractivity contribution in [2.24, 2.45) is 0 Å². The minimum absolute atomic E-state index is 0.186. The number of pyridine rings is 1. The van der Waals surface area contributed by atoms with Crippen LogP contribution >= 0.6 is 11.6 Å². The lowest BCUT2D eigenvalue weighted by Crippen LogP contribution is -2.30. The zero-order valence-corrected chi connectivity index (χ0v) is 13.4. The molecule has 2 aromatic rings. The lowest BCUT2D eigenvalue weighted by atomic mass is 10.2. The van der Waals surface area contributed by atoms with Crippen LogP contribution in [0.1, 0.15) is 12.6 Å². The van der Waals surface area contributed by atoms with Crippen LogP contribution in [0.15, 0.2) is 42.6 Å². The van der Waals surface area contributed by atoms with Crippen molar-refractivity contribution >= 4 is 34.9 Å². The van der Waals surface area contributed by atoms with Crippen LogP contribution in [0.4, 0.5) is 16.2 Å². The summed E-state index contributed by atoms with van der Waals surface area (Å²) in [4.78, 5) is 27.0. The normalized spacial score (nSPS) is 10.0. The van der Waals surface area contributed by atoms with E-state index in [1.165, 1.54) is 6.92 Å². The first-order chi connectivity index (χ1) is 11.0. The summed E-state index contributed by atoms with van der Waals surface area (Å²) in [7, 11) is 0. The van der Waals surface area contributed by atoms with Crippen LogP contribution in [0, 0.1) is 0 Å². The molecule has 0 spiro atoms. The SMILES string of the molecule is CC(=O)Nc1ccc(NC(=O)NCCc2ccccn2)c(Cl)c1. The number of amides is 3. The van der Waals surface area contributed by atoms with Crippen molar-refractivity contribution < 1.29 is 9.59 Å². The second-order valence-corrected chi connectivity index (χ2v) is 5.23. The molecule has 6 nitrogen and oxygen atoms in total. The number of aromatic nitrogens is 1. The molecule has 23 heavy (non-hydrogen) atoms. The third-order valence-corrected chi connectivity index (χ3v) is 3.24. The van der Waals surface area contributed by atoms with Gasteiger partial charge < -0.3 is 16.0 Å². The number of urea groups is 1. The van der Waals surface area contributed by atoms with Crippen LogP contribution in [0.2, 0.25) is 5.02 Å². The van der Waals surface area contributed by atoms with Gasteiger partial charge in [-0.1, -0.05) is 17.7 Å². The number of carbonyl (C=O) groups excluding carboxylic acids is 2. The Labute approximate surface area is 139 Å². The average molecular weight is 333 g/mol. The van der Waals surface area contributed by atoms with E-state index >= 15 is 0 Å². The predicted molar refractivity (Wildman–Crippen MR) is 90.7 cm³/mol. The van der Waals surface area contributed by atoms with E-state index in [1.807, 2.05) is 18.2 Å². The highest BCUT2D eigenvalue weighted by molar-refractivity contribution is 6.34. The van der Waals surface area contributed by atoms with Gasteiger partial charge >= 0.3 is 6.03 Å². The lowest BCUT2D eigenvalue weighted by molar-refractivity contribution is -0.114. The minimum atomic E-state index is -0.352. The number of halogens is 1. The van der Waals surface area contributed by atoms with E-state index in [1.54, 1.807) is 24.4 Å². The van der Waals surface area contributed by atoms with Gasteiger partial charge in [0, 0.05) is 37.5 Å². The molecule has 0 aliphatic heterocycles. The monoisotopic (exact) mass is 332 g/mol. The Bertz CT molecular complexity index is 692. The predicted octanol–water partition coefficient (Wildman–Crippen LogP) is 3.06. The molecule has 0 unspecified atom stereocenters. The molecule has 7 heteroatoms. The van der Waals surface area contributed by atoms with Crippen LogP contribution in [-0.4, -0.2) is 23.5 Å². The first-order valence-corrected chi connectivity index (χ1v) is 7.44. The highest BCUT2D eigenvalue weighted by atomic mass is 35.5. The molecule has 120 valence electrons. The van der Waals surface area contributed by atoms with Crippen molar-refractivity contribution in [2.45, 2.75) is 13.3 Å². The summed E-state index contributed by atoms with van der Waals surface area (Å²) in [5, 5.41) is 8.36. The molecule has 0 saturated carbocycles. The number of rotatable bonds is 5. The fourth-order valence-electron chi connectivity index (χ4n) is 1.91. The quantitative estimate of drug-likeness (QED) is 0.787. The largest absolute Gasteiger partial charge is 0.337 e. The Hall–Kier alpha value is -2.60. The van der Waals surface area contributed by atoms with Gasteiger partial charge in [0.15, 0.2) is 0 Å². The molecular weight excluding hydrogens is 316 g/mol. The zero-order chi connectivity index (χ0) is 16.7. The summed E-state index contributed by atoms with van der Waals surface area (Å²) in [5.74, 6) is -0.186. The van der Waals surface area contributed by atoms with E-state index in [0.29, 0.717) is 29.4 Å². The Morgan fingerprint density at radius 2 is 2.00 bits per heavy atom. The molecule has 3 amide bonds. The third kappa shape index (κ3) is 5.60.